The van der Waals surface area contributed by atoms with Gasteiger partial charge in [-0.1, -0.05) is 62.4 Å². The van der Waals surface area contributed by atoms with Crippen LogP contribution in [0, 0.1) is 23.2 Å². The second-order valence-corrected chi connectivity index (χ2v) is 13.3. The highest BCUT2D eigenvalue weighted by atomic mass is 16.5. The fourth-order valence-electron chi connectivity index (χ4n) is 7.30. The molecule has 1 saturated carbocycles. The van der Waals surface area contributed by atoms with E-state index in [1.807, 2.05) is 60.7 Å². The molecule has 2 heterocycles. The number of carbonyl (C=O) groups excluding carboxylic acids is 3. The third-order valence-electron chi connectivity index (χ3n) is 9.88. The number of hydrogen-bond donors (Lipinski definition) is 1. The summed E-state index contributed by atoms with van der Waals surface area (Å²) >= 11 is 0. The van der Waals surface area contributed by atoms with Gasteiger partial charge in [-0.05, 0) is 71.2 Å². The van der Waals surface area contributed by atoms with Crippen LogP contribution in [0.4, 0.5) is 0 Å². The van der Waals surface area contributed by atoms with Gasteiger partial charge in [0.05, 0.1) is 40.1 Å². The van der Waals surface area contributed by atoms with Crippen LogP contribution in [0.1, 0.15) is 50.7 Å². The van der Waals surface area contributed by atoms with E-state index < -0.39 is 23.4 Å². The van der Waals surface area contributed by atoms with Gasteiger partial charge < -0.3 is 29.2 Å². The van der Waals surface area contributed by atoms with E-state index in [2.05, 4.69) is 19.2 Å². The fourth-order valence-corrected chi connectivity index (χ4v) is 7.30. The Balaban J connectivity index is 1.36. The van der Waals surface area contributed by atoms with Crippen molar-refractivity contribution >= 4 is 28.6 Å². The molecule has 2 aliphatic heterocycles. The van der Waals surface area contributed by atoms with E-state index in [9.17, 15) is 14.4 Å². The normalized spacial score (nSPS) is 24.0. The van der Waals surface area contributed by atoms with Gasteiger partial charge in [0, 0.05) is 24.6 Å². The molecule has 0 aromatic heterocycles. The predicted octanol–water partition coefficient (Wildman–Crippen LogP) is 5.79. The standard InChI is InChI=1S/C38H44N2O7/c1-23(2)31-19-33-38(37(43)46-5,35(47-31)26-14-15-26)20-28(18-34(41)39-21-24-13-16-30(44-3)32(17-24)45-4)36(42)40(33)22-27-11-8-10-25-9-6-7-12-29(25)27/h6-13,16-17,19,23,26,28,31,35H,14-15,18,20-22H2,1-5H3,(H,39,41)/t28-,31+,35+,38+/m0/s1. The molecule has 9 heteroatoms. The predicted molar refractivity (Wildman–Crippen MR) is 177 cm³/mol. The Morgan fingerprint density at radius 2 is 1.74 bits per heavy atom. The monoisotopic (exact) mass is 640 g/mol. The number of hydrogen-bond acceptors (Lipinski definition) is 7. The van der Waals surface area contributed by atoms with Crippen LogP contribution in [0.5, 0.6) is 11.5 Å². The lowest BCUT2D eigenvalue weighted by Crippen LogP contribution is -2.61. The van der Waals surface area contributed by atoms with E-state index in [1.54, 1.807) is 25.2 Å². The number of carbonyl (C=O) groups is 3. The van der Waals surface area contributed by atoms with Crippen LogP contribution < -0.4 is 14.8 Å². The Labute approximate surface area is 276 Å². The van der Waals surface area contributed by atoms with Crippen LogP contribution in [-0.2, 0) is 36.9 Å². The molecule has 1 aliphatic carbocycles. The van der Waals surface area contributed by atoms with Crippen LogP contribution in [-0.4, -0.2) is 56.2 Å². The van der Waals surface area contributed by atoms with E-state index in [0.717, 1.165) is 34.7 Å². The second kappa shape index (κ2) is 13.4. The molecule has 0 unspecified atom stereocenters. The van der Waals surface area contributed by atoms with Gasteiger partial charge in [-0.3, -0.25) is 14.4 Å². The first-order valence-corrected chi connectivity index (χ1v) is 16.4. The molecule has 47 heavy (non-hydrogen) atoms. The van der Waals surface area contributed by atoms with Crippen molar-refractivity contribution in [1.29, 1.82) is 0 Å². The van der Waals surface area contributed by atoms with E-state index in [1.165, 1.54) is 7.11 Å². The molecular weight excluding hydrogens is 596 g/mol. The number of likely N-dealkylation sites (tertiary alicyclic amines) is 1. The van der Waals surface area contributed by atoms with Crippen molar-refractivity contribution < 1.29 is 33.3 Å². The first kappa shape index (κ1) is 32.6. The minimum Gasteiger partial charge on any atom is -0.493 e. The highest BCUT2D eigenvalue weighted by Crippen LogP contribution is 2.57. The van der Waals surface area contributed by atoms with Gasteiger partial charge in [0.15, 0.2) is 11.5 Å². The summed E-state index contributed by atoms with van der Waals surface area (Å²) in [6.07, 6.45) is 3.20. The van der Waals surface area contributed by atoms with E-state index >= 15 is 0 Å². The van der Waals surface area contributed by atoms with Crippen molar-refractivity contribution in [3.05, 3.63) is 83.6 Å². The molecule has 4 atom stereocenters. The van der Waals surface area contributed by atoms with Crippen LogP contribution in [0.25, 0.3) is 10.8 Å². The zero-order valence-corrected chi connectivity index (χ0v) is 27.8. The zero-order valence-electron chi connectivity index (χ0n) is 27.8. The van der Waals surface area contributed by atoms with Gasteiger partial charge >= 0.3 is 5.97 Å². The topological polar surface area (TPSA) is 103 Å². The number of piperidine rings is 1. The molecule has 248 valence electrons. The number of methoxy groups -OCH3 is 3. The number of amides is 2. The van der Waals surface area contributed by atoms with Gasteiger partial charge in [-0.25, -0.2) is 0 Å². The molecule has 2 fully saturated rings. The van der Waals surface area contributed by atoms with Crippen molar-refractivity contribution in [1.82, 2.24) is 10.2 Å². The molecule has 0 bridgehead atoms. The molecule has 9 nitrogen and oxygen atoms in total. The van der Waals surface area contributed by atoms with E-state index in [-0.39, 0.29) is 55.7 Å². The van der Waals surface area contributed by atoms with Gasteiger partial charge in [0.2, 0.25) is 11.8 Å². The van der Waals surface area contributed by atoms with Crippen molar-refractivity contribution in [2.24, 2.45) is 23.2 Å². The lowest BCUT2D eigenvalue weighted by molar-refractivity contribution is -0.182. The minimum absolute atomic E-state index is 0.0742. The number of fused-ring (bicyclic) bond motifs is 2. The summed E-state index contributed by atoms with van der Waals surface area (Å²) in [4.78, 5) is 44.0. The lowest BCUT2D eigenvalue weighted by Gasteiger charge is -2.53. The fraction of sp³-hybridized carbons (Fsp3) is 0.447. The summed E-state index contributed by atoms with van der Waals surface area (Å²) in [6, 6.07) is 19.6. The molecule has 0 spiro atoms. The van der Waals surface area contributed by atoms with Gasteiger partial charge in [-0.2, -0.15) is 0 Å². The number of rotatable bonds is 11. The lowest BCUT2D eigenvalue weighted by atomic mass is 9.64. The number of esters is 1. The number of benzene rings is 3. The molecule has 6 rings (SSSR count). The molecule has 3 aromatic carbocycles. The Morgan fingerprint density at radius 1 is 1.00 bits per heavy atom. The molecule has 2 amide bonds. The summed E-state index contributed by atoms with van der Waals surface area (Å²) in [7, 11) is 4.52. The average molecular weight is 641 g/mol. The number of ether oxygens (including phenoxy) is 4. The SMILES string of the molecule is COC(=O)[C@]12C[C@H](CC(=O)NCc3ccc(OC)c(OC)c3)C(=O)N(Cc3cccc4ccccc34)C1=C[C@H](C(C)C)O[C@@H]2C1CC1. The maximum absolute atomic E-state index is 14.6. The summed E-state index contributed by atoms with van der Waals surface area (Å²) in [6.45, 7) is 4.68. The van der Waals surface area contributed by atoms with Gasteiger partial charge in [0.1, 0.15) is 5.41 Å². The largest absolute Gasteiger partial charge is 0.493 e. The van der Waals surface area contributed by atoms with Gasteiger partial charge in [0.25, 0.3) is 0 Å². The Bertz CT molecular complexity index is 1690. The molecular formula is C38H44N2O7. The Hall–Kier alpha value is -4.37. The summed E-state index contributed by atoms with van der Waals surface area (Å²) in [5.41, 5.74) is 1.22. The highest BCUT2D eigenvalue weighted by molar-refractivity contribution is 5.93. The summed E-state index contributed by atoms with van der Waals surface area (Å²) in [5, 5.41) is 5.07. The molecule has 3 aromatic rings. The molecule has 0 radical (unpaired) electrons. The first-order valence-electron chi connectivity index (χ1n) is 16.4. The van der Waals surface area contributed by atoms with Crippen molar-refractivity contribution in [3.63, 3.8) is 0 Å². The second-order valence-electron chi connectivity index (χ2n) is 13.3. The van der Waals surface area contributed by atoms with Crippen LogP contribution >= 0.6 is 0 Å². The van der Waals surface area contributed by atoms with Gasteiger partial charge in [-0.15, -0.1) is 0 Å². The maximum Gasteiger partial charge on any atom is 0.320 e. The van der Waals surface area contributed by atoms with Crippen LogP contribution in [0.3, 0.4) is 0 Å². The van der Waals surface area contributed by atoms with Crippen LogP contribution in [0.15, 0.2) is 72.4 Å². The molecule has 1 saturated heterocycles. The smallest absolute Gasteiger partial charge is 0.320 e. The Kier molecular flexibility index (Phi) is 9.28. The summed E-state index contributed by atoms with van der Waals surface area (Å²) < 4.78 is 23.0. The van der Waals surface area contributed by atoms with Crippen LogP contribution in [0.2, 0.25) is 0 Å². The average Bonchev–Trinajstić information content (AvgIpc) is 3.93. The van der Waals surface area contributed by atoms with Crippen molar-refractivity contribution in [3.8, 4) is 11.5 Å². The van der Waals surface area contributed by atoms with Crippen molar-refractivity contribution in [2.75, 3.05) is 21.3 Å². The third kappa shape index (κ3) is 6.21. The Morgan fingerprint density at radius 3 is 2.45 bits per heavy atom. The third-order valence-corrected chi connectivity index (χ3v) is 9.88. The van der Waals surface area contributed by atoms with E-state index in [0.29, 0.717) is 17.2 Å². The first-order chi connectivity index (χ1) is 22.7. The zero-order chi connectivity index (χ0) is 33.3. The van der Waals surface area contributed by atoms with E-state index in [4.69, 9.17) is 18.9 Å². The number of nitrogens with zero attached hydrogens (tertiary/aromatic N) is 1. The molecule has 1 N–H and O–H groups in total. The number of nitrogens with one attached hydrogen (secondary N) is 1. The minimum atomic E-state index is -1.21. The quantitative estimate of drug-likeness (QED) is 0.265. The highest BCUT2D eigenvalue weighted by Gasteiger charge is 2.63. The summed E-state index contributed by atoms with van der Waals surface area (Å²) in [5.74, 6) is -0.174. The maximum atomic E-state index is 14.6. The molecule has 3 aliphatic rings. The van der Waals surface area contributed by atoms with Crippen molar-refractivity contribution in [2.45, 2.75) is 64.8 Å².